The molecule has 0 aliphatic carbocycles. The summed E-state index contributed by atoms with van der Waals surface area (Å²) < 4.78 is 15.6. The topological polar surface area (TPSA) is 82.7 Å². The molecule has 0 saturated heterocycles. The predicted molar refractivity (Wildman–Crippen MR) is 130 cm³/mol. The maximum absolute atomic E-state index is 13.5. The van der Waals surface area contributed by atoms with Crippen molar-refractivity contribution >= 4 is 82.1 Å². The molecule has 0 bridgehead atoms. The van der Waals surface area contributed by atoms with E-state index in [9.17, 15) is 19.4 Å². The Balaban J connectivity index is 0.00000256. The quantitative estimate of drug-likeness (QED) is 0.452. The molecule has 5 nitrogen and oxygen atoms in total. The van der Waals surface area contributed by atoms with Crippen LogP contribution < -0.4 is 0 Å². The zero-order chi connectivity index (χ0) is 21.8. The third-order valence-corrected chi connectivity index (χ3v) is 5.00. The molecule has 0 amide bonds. The van der Waals surface area contributed by atoms with Crippen molar-refractivity contribution in [3.63, 3.8) is 0 Å². The van der Waals surface area contributed by atoms with Crippen LogP contribution in [0.1, 0.15) is 38.4 Å². The first-order valence-corrected chi connectivity index (χ1v) is 9.93. The van der Waals surface area contributed by atoms with Crippen LogP contribution in [0, 0.1) is 5.82 Å². The first-order chi connectivity index (χ1) is 14.3. The predicted octanol–water partition coefficient (Wildman–Crippen LogP) is 3.33. The number of aliphatic hydroxyl groups excluding tert-OH is 2. The normalized spacial score (nSPS) is 13.1. The first-order valence-electron chi connectivity index (χ1n) is 9.93. The Hall–Kier alpha value is -0.960. The van der Waals surface area contributed by atoms with Crippen molar-refractivity contribution in [2.24, 2.45) is 0 Å². The summed E-state index contributed by atoms with van der Waals surface area (Å²) in [6.45, 7) is 4.12. The number of carboxylic acids is 1. The number of carboxylic acid groups (broad SMARTS) is 1. The van der Waals surface area contributed by atoms with E-state index in [1.807, 2.05) is 24.3 Å². The van der Waals surface area contributed by atoms with Gasteiger partial charge in [-0.05, 0) is 43.7 Å². The number of carbonyl (C=O) groups is 1. The Bertz CT molecular complexity index is 1060. The van der Waals surface area contributed by atoms with Crippen LogP contribution in [0.15, 0.2) is 54.6 Å². The zero-order valence-corrected chi connectivity index (χ0v) is 17.0. The van der Waals surface area contributed by atoms with Crippen molar-refractivity contribution in [2.45, 2.75) is 44.9 Å². The van der Waals surface area contributed by atoms with Crippen molar-refractivity contribution in [1.29, 1.82) is 0 Å². The molecule has 1 heterocycles. The summed E-state index contributed by atoms with van der Waals surface area (Å²) in [5.74, 6) is -1.43. The summed E-state index contributed by atoms with van der Waals surface area (Å²) >= 11 is 0. The number of hydrogen-bond donors (Lipinski definition) is 3. The van der Waals surface area contributed by atoms with Crippen molar-refractivity contribution in [3.8, 4) is 11.1 Å². The van der Waals surface area contributed by atoms with Crippen molar-refractivity contribution in [2.75, 3.05) is 0 Å². The van der Waals surface area contributed by atoms with E-state index >= 15 is 0 Å². The van der Waals surface area contributed by atoms with E-state index in [1.54, 1.807) is 24.3 Å². The molecule has 0 unspecified atom stereocenters. The molecule has 3 N–H and O–H groups in total. The zero-order valence-electron chi connectivity index (χ0n) is 17.0. The number of aliphatic carboxylic acids is 1. The van der Waals surface area contributed by atoms with Crippen LogP contribution in [0.3, 0.4) is 0 Å². The van der Waals surface area contributed by atoms with Gasteiger partial charge in [-0.3, -0.25) is 4.79 Å². The van der Waals surface area contributed by atoms with Crippen LogP contribution in [0.5, 0.6) is 0 Å². The van der Waals surface area contributed by atoms with Gasteiger partial charge in [0.1, 0.15) is 5.82 Å². The number of nitrogens with zero attached hydrogens (tertiary/aromatic N) is 1. The molecule has 0 radical (unpaired) electrons. The van der Waals surface area contributed by atoms with E-state index in [0.29, 0.717) is 0 Å². The summed E-state index contributed by atoms with van der Waals surface area (Å²) in [5, 5.41) is 29.9. The molecule has 0 fully saturated rings. The second kappa shape index (κ2) is 13.1. The molecule has 162 valence electrons. The van der Waals surface area contributed by atoms with Gasteiger partial charge in [-0.25, -0.2) is 4.39 Å². The standard InChI is InChI=1S/C24H26FNO4.2Na.2H/c1-15(2)26-21-6-4-3-5-20(21)24(16-7-9-17(25)10-8-16)22(26)12-11-18(27)13-19(28)14-23(29)30;;;;/h3-12,15,18-19,27-28H,13-14H2,1-2H3,(H,29,30);;;;/b12-11+;;;;/t18-,19-;;;;/m1..../s1. The fourth-order valence-corrected chi connectivity index (χ4v) is 3.77. The average Bonchev–Trinajstić information content (AvgIpc) is 3.00. The van der Waals surface area contributed by atoms with Gasteiger partial charge < -0.3 is 19.9 Å². The van der Waals surface area contributed by atoms with Gasteiger partial charge >= 0.3 is 65.1 Å². The Morgan fingerprint density at radius 1 is 1.06 bits per heavy atom. The van der Waals surface area contributed by atoms with Crippen LogP contribution in [-0.4, -0.2) is 97.2 Å². The third kappa shape index (κ3) is 7.02. The number of aromatic nitrogens is 1. The summed E-state index contributed by atoms with van der Waals surface area (Å²) in [7, 11) is 0. The molecule has 3 aromatic rings. The van der Waals surface area contributed by atoms with Gasteiger partial charge in [-0.2, -0.15) is 0 Å². The van der Waals surface area contributed by atoms with Crippen LogP contribution in [0.2, 0.25) is 0 Å². The second-order valence-electron chi connectivity index (χ2n) is 7.66. The van der Waals surface area contributed by atoms with Gasteiger partial charge in [-0.1, -0.05) is 36.4 Å². The summed E-state index contributed by atoms with van der Waals surface area (Å²) in [6.07, 6.45) is 0.727. The average molecular weight is 459 g/mol. The minimum atomic E-state index is -1.13. The molecule has 1 aromatic heterocycles. The number of aliphatic hydroxyl groups is 2. The molecule has 0 saturated carbocycles. The molecule has 0 spiro atoms. The van der Waals surface area contributed by atoms with Gasteiger partial charge in [-0.15, -0.1) is 0 Å². The maximum atomic E-state index is 13.5. The van der Waals surface area contributed by atoms with E-state index in [1.165, 1.54) is 12.1 Å². The first kappa shape index (κ1) is 29.1. The van der Waals surface area contributed by atoms with Crippen LogP contribution in [0.25, 0.3) is 28.1 Å². The Kier molecular flexibility index (Phi) is 11.9. The molecule has 0 aliphatic rings. The molecular weight excluding hydrogens is 431 g/mol. The fraction of sp³-hybridized carbons (Fsp3) is 0.292. The van der Waals surface area contributed by atoms with E-state index in [-0.39, 0.29) is 77.4 Å². The van der Waals surface area contributed by atoms with Crippen LogP contribution in [-0.2, 0) is 4.79 Å². The minimum absolute atomic E-state index is 0. The van der Waals surface area contributed by atoms with Crippen molar-refractivity contribution < 1.29 is 24.5 Å². The molecule has 2 atom stereocenters. The van der Waals surface area contributed by atoms with Crippen LogP contribution in [0.4, 0.5) is 4.39 Å². The van der Waals surface area contributed by atoms with Gasteiger partial charge in [0.25, 0.3) is 0 Å². The molecule has 32 heavy (non-hydrogen) atoms. The third-order valence-electron chi connectivity index (χ3n) is 5.00. The molecule has 3 rings (SSSR count). The number of hydrogen-bond acceptors (Lipinski definition) is 3. The van der Waals surface area contributed by atoms with Gasteiger partial charge in [0.05, 0.1) is 18.6 Å². The molecule has 2 aromatic carbocycles. The number of para-hydroxylation sites is 1. The molecule has 0 aliphatic heterocycles. The van der Waals surface area contributed by atoms with E-state index in [4.69, 9.17) is 5.11 Å². The number of fused-ring (bicyclic) bond motifs is 1. The van der Waals surface area contributed by atoms with Crippen molar-refractivity contribution in [1.82, 2.24) is 4.57 Å². The summed E-state index contributed by atoms with van der Waals surface area (Å²) in [5.41, 5.74) is 3.65. The summed E-state index contributed by atoms with van der Waals surface area (Å²) in [6, 6.07) is 14.4. The van der Waals surface area contributed by atoms with Crippen LogP contribution >= 0.6 is 0 Å². The van der Waals surface area contributed by atoms with Gasteiger partial charge in [0, 0.05) is 34.6 Å². The number of halogens is 1. The monoisotopic (exact) mass is 459 g/mol. The Labute approximate surface area is 231 Å². The van der Waals surface area contributed by atoms with E-state index < -0.39 is 24.6 Å². The SMILES string of the molecule is CC(C)n1c(/C=C/[C@@H](O)C[C@@H](O)CC(=O)O)c(-c2ccc(F)cc2)c2ccccc21.[NaH].[NaH]. The van der Waals surface area contributed by atoms with Gasteiger partial charge in [0.2, 0.25) is 0 Å². The van der Waals surface area contributed by atoms with Gasteiger partial charge in [0.15, 0.2) is 0 Å². The Morgan fingerprint density at radius 2 is 1.69 bits per heavy atom. The number of benzene rings is 2. The van der Waals surface area contributed by atoms with E-state index in [0.717, 1.165) is 27.7 Å². The second-order valence-corrected chi connectivity index (χ2v) is 7.66. The fourth-order valence-electron chi connectivity index (χ4n) is 3.77. The van der Waals surface area contributed by atoms with E-state index in [2.05, 4.69) is 18.4 Å². The Morgan fingerprint density at radius 3 is 2.28 bits per heavy atom. The number of rotatable bonds is 8. The summed E-state index contributed by atoms with van der Waals surface area (Å²) in [4.78, 5) is 10.7. The molecule has 8 heteroatoms. The van der Waals surface area contributed by atoms with Crippen molar-refractivity contribution in [3.05, 3.63) is 66.1 Å². The molecular formula is C24H28FNNa2O4.